The number of rotatable bonds is 16. The molecule has 0 amide bonds. The number of unbranched alkanes of at least 4 members (excludes halogenated alkanes) is 7. The van der Waals surface area contributed by atoms with Crippen molar-refractivity contribution in [1.82, 2.24) is 0 Å². The highest BCUT2D eigenvalue weighted by Gasteiger charge is 2.43. The summed E-state index contributed by atoms with van der Waals surface area (Å²) < 4.78 is 6.05. The van der Waals surface area contributed by atoms with Crippen molar-refractivity contribution < 1.29 is 9.53 Å². The summed E-state index contributed by atoms with van der Waals surface area (Å²) in [5, 5.41) is 9.85. The van der Waals surface area contributed by atoms with Gasteiger partial charge in [0.25, 0.3) is 0 Å². The molecule has 1 aliphatic rings. The fourth-order valence-corrected chi connectivity index (χ4v) is 6.18. The van der Waals surface area contributed by atoms with E-state index in [1.807, 2.05) is 18.2 Å². The summed E-state index contributed by atoms with van der Waals surface area (Å²) >= 11 is 0. The fourth-order valence-electron chi connectivity index (χ4n) is 6.18. The van der Waals surface area contributed by atoms with Gasteiger partial charge in [-0.15, -0.1) is 0 Å². The second kappa shape index (κ2) is 16.5. The molecule has 0 N–H and O–H groups in total. The summed E-state index contributed by atoms with van der Waals surface area (Å²) in [7, 11) is 0. The van der Waals surface area contributed by atoms with E-state index in [0.29, 0.717) is 17.2 Å². The predicted octanol–water partition coefficient (Wildman–Crippen LogP) is 10.0. The second-order valence-corrected chi connectivity index (χ2v) is 12.0. The molecule has 3 rings (SSSR count). The summed E-state index contributed by atoms with van der Waals surface area (Å²) in [5.74, 6) is 0.764. The van der Waals surface area contributed by atoms with Crippen LogP contribution in [0.1, 0.15) is 139 Å². The molecular weight excluding hydrogens is 478 g/mol. The molecule has 39 heavy (non-hydrogen) atoms. The van der Waals surface area contributed by atoms with E-state index in [-0.39, 0.29) is 5.97 Å². The van der Waals surface area contributed by atoms with E-state index in [2.05, 4.69) is 51.1 Å². The smallest absolute Gasteiger partial charge is 0.321 e. The highest BCUT2D eigenvalue weighted by atomic mass is 16.5. The Hall–Kier alpha value is -2.60. The van der Waals surface area contributed by atoms with Gasteiger partial charge in [0.1, 0.15) is 11.8 Å². The van der Waals surface area contributed by atoms with Crippen molar-refractivity contribution in [2.45, 2.75) is 135 Å². The van der Waals surface area contributed by atoms with Gasteiger partial charge in [-0.05, 0) is 66.8 Å². The maximum atomic E-state index is 13.8. The van der Waals surface area contributed by atoms with Gasteiger partial charge in [0.2, 0.25) is 0 Å². The van der Waals surface area contributed by atoms with Crippen molar-refractivity contribution in [1.29, 1.82) is 5.26 Å². The maximum Gasteiger partial charge on any atom is 0.321 e. The minimum absolute atomic E-state index is 0.206. The molecule has 0 heterocycles. The number of hydrogen-bond donors (Lipinski definition) is 0. The van der Waals surface area contributed by atoms with E-state index in [1.165, 1.54) is 69.8 Å². The molecular formula is C36H51NO2. The number of nitrogens with zero attached hydrogens (tertiary/aromatic N) is 1. The molecule has 1 atom stereocenters. The summed E-state index contributed by atoms with van der Waals surface area (Å²) in [4.78, 5) is 13.8. The Morgan fingerprint density at radius 3 is 2.18 bits per heavy atom. The summed E-state index contributed by atoms with van der Waals surface area (Å²) in [6.45, 7) is 6.74. The highest BCUT2D eigenvalue weighted by Crippen LogP contribution is 2.41. The molecule has 0 bridgehead atoms. The first kappa shape index (κ1) is 30.9. The van der Waals surface area contributed by atoms with Crippen LogP contribution in [0.4, 0.5) is 0 Å². The van der Waals surface area contributed by atoms with Gasteiger partial charge in [-0.2, -0.15) is 5.26 Å². The summed E-state index contributed by atoms with van der Waals surface area (Å²) in [6.07, 6.45) is 19.7. The summed E-state index contributed by atoms with van der Waals surface area (Å²) in [5.41, 5.74) is 3.38. The SMILES string of the molecule is CCCCCCCCCc1ccc(C2(C(=O)Oc3ccc(CC(C)CCCC)cc3C#N)CCCCC2)cc1. The third-order valence-corrected chi connectivity index (χ3v) is 8.68. The number of benzene rings is 2. The predicted molar refractivity (Wildman–Crippen MR) is 162 cm³/mol. The molecule has 3 heteroatoms. The molecule has 1 fully saturated rings. The zero-order valence-corrected chi connectivity index (χ0v) is 24.9. The molecule has 1 unspecified atom stereocenters. The number of carbonyl (C=O) groups is 1. The average molecular weight is 530 g/mol. The van der Waals surface area contributed by atoms with Gasteiger partial charge in [0.15, 0.2) is 0 Å². The van der Waals surface area contributed by atoms with Crippen LogP contribution in [0.3, 0.4) is 0 Å². The van der Waals surface area contributed by atoms with Crippen molar-refractivity contribution >= 4 is 5.97 Å². The Morgan fingerprint density at radius 1 is 0.872 bits per heavy atom. The van der Waals surface area contributed by atoms with Gasteiger partial charge in [-0.3, -0.25) is 4.79 Å². The van der Waals surface area contributed by atoms with E-state index in [1.54, 1.807) is 0 Å². The van der Waals surface area contributed by atoms with E-state index >= 15 is 0 Å². The van der Waals surface area contributed by atoms with Gasteiger partial charge in [-0.25, -0.2) is 0 Å². The first-order chi connectivity index (χ1) is 19.0. The molecule has 0 saturated heterocycles. The molecule has 0 aromatic heterocycles. The van der Waals surface area contributed by atoms with Crippen molar-refractivity contribution in [2.24, 2.45) is 5.92 Å². The van der Waals surface area contributed by atoms with Gasteiger partial charge < -0.3 is 4.74 Å². The first-order valence-electron chi connectivity index (χ1n) is 15.9. The second-order valence-electron chi connectivity index (χ2n) is 12.0. The van der Waals surface area contributed by atoms with Crippen LogP contribution >= 0.6 is 0 Å². The van der Waals surface area contributed by atoms with E-state index in [4.69, 9.17) is 4.74 Å². The van der Waals surface area contributed by atoms with Crippen molar-refractivity contribution in [3.8, 4) is 11.8 Å². The highest BCUT2D eigenvalue weighted by molar-refractivity contribution is 5.85. The Morgan fingerprint density at radius 2 is 1.51 bits per heavy atom. The van der Waals surface area contributed by atoms with Crippen LogP contribution in [0.2, 0.25) is 0 Å². The van der Waals surface area contributed by atoms with Crippen molar-refractivity contribution in [2.75, 3.05) is 0 Å². The molecule has 0 radical (unpaired) electrons. The lowest BCUT2D eigenvalue weighted by molar-refractivity contribution is -0.142. The van der Waals surface area contributed by atoms with Gasteiger partial charge >= 0.3 is 5.97 Å². The third-order valence-electron chi connectivity index (χ3n) is 8.68. The number of nitriles is 1. The van der Waals surface area contributed by atoms with Crippen LogP contribution in [0.25, 0.3) is 0 Å². The molecule has 0 aliphatic heterocycles. The van der Waals surface area contributed by atoms with Crippen LogP contribution in [0, 0.1) is 17.2 Å². The monoisotopic (exact) mass is 529 g/mol. The number of aryl methyl sites for hydroxylation is 1. The van der Waals surface area contributed by atoms with Gasteiger partial charge in [-0.1, -0.05) is 128 Å². The van der Waals surface area contributed by atoms with Crippen LogP contribution in [-0.2, 0) is 23.1 Å². The van der Waals surface area contributed by atoms with Crippen LogP contribution in [0.5, 0.6) is 5.75 Å². The van der Waals surface area contributed by atoms with Crippen LogP contribution in [0.15, 0.2) is 42.5 Å². The maximum absolute atomic E-state index is 13.8. The van der Waals surface area contributed by atoms with Crippen LogP contribution in [-0.4, -0.2) is 5.97 Å². The zero-order valence-electron chi connectivity index (χ0n) is 24.9. The lowest BCUT2D eigenvalue weighted by atomic mass is 9.69. The summed E-state index contributed by atoms with van der Waals surface area (Å²) in [6, 6.07) is 16.8. The van der Waals surface area contributed by atoms with Gasteiger partial charge in [0, 0.05) is 0 Å². The van der Waals surface area contributed by atoms with Crippen molar-refractivity contribution in [3.63, 3.8) is 0 Å². The lowest BCUT2D eigenvalue weighted by Gasteiger charge is -2.35. The largest absolute Gasteiger partial charge is 0.424 e. The van der Waals surface area contributed by atoms with E-state index in [9.17, 15) is 10.1 Å². The Bertz CT molecular complexity index is 1040. The molecule has 212 valence electrons. The standard InChI is InChI=1S/C36H51NO2/c1-4-6-8-9-10-11-13-17-30-18-21-33(22-19-30)36(24-14-12-15-25-36)35(38)39-34-23-20-31(27-32(34)28-37)26-29(3)16-7-5-2/h18-23,27,29H,4-17,24-26H2,1-3H3. The minimum atomic E-state index is -0.629. The molecule has 3 nitrogen and oxygen atoms in total. The van der Waals surface area contributed by atoms with Crippen molar-refractivity contribution in [3.05, 3.63) is 64.7 Å². The van der Waals surface area contributed by atoms with E-state index < -0.39 is 5.41 Å². The molecule has 2 aromatic carbocycles. The van der Waals surface area contributed by atoms with Gasteiger partial charge in [0.05, 0.1) is 11.0 Å². The topological polar surface area (TPSA) is 50.1 Å². The fraction of sp³-hybridized carbons (Fsp3) is 0.611. The minimum Gasteiger partial charge on any atom is -0.424 e. The molecule has 0 spiro atoms. The Labute approximate surface area is 238 Å². The Balaban J connectivity index is 1.66. The molecule has 1 saturated carbocycles. The van der Waals surface area contributed by atoms with E-state index in [0.717, 1.165) is 56.1 Å². The lowest BCUT2D eigenvalue weighted by Crippen LogP contribution is -2.41. The first-order valence-corrected chi connectivity index (χ1v) is 15.9. The number of ether oxygens (including phenoxy) is 1. The number of hydrogen-bond acceptors (Lipinski definition) is 3. The number of esters is 1. The number of carbonyl (C=O) groups excluding carboxylic acids is 1. The molecule has 1 aliphatic carbocycles. The normalized spacial score (nSPS) is 15.4. The molecule has 2 aromatic rings. The zero-order chi connectivity index (χ0) is 27.9. The Kier molecular flexibility index (Phi) is 13.1. The quantitative estimate of drug-likeness (QED) is 0.123. The van der Waals surface area contributed by atoms with Crippen LogP contribution < -0.4 is 4.74 Å². The average Bonchev–Trinajstić information content (AvgIpc) is 2.97. The third kappa shape index (κ3) is 9.23.